The van der Waals surface area contributed by atoms with Crippen LogP contribution in [0, 0.1) is 0 Å². The Morgan fingerprint density at radius 1 is 1.41 bits per heavy atom. The van der Waals surface area contributed by atoms with Gasteiger partial charge in [0.15, 0.2) is 11.3 Å². The predicted molar refractivity (Wildman–Crippen MR) is 63.1 cm³/mol. The van der Waals surface area contributed by atoms with Crippen molar-refractivity contribution in [1.29, 1.82) is 0 Å². The molecular formula is C11H14N4O2. The van der Waals surface area contributed by atoms with Gasteiger partial charge in [0.1, 0.15) is 0 Å². The van der Waals surface area contributed by atoms with Gasteiger partial charge in [0.05, 0.1) is 11.9 Å². The van der Waals surface area contributed by atoms with E-state index < -0.39 is 5.97 Å². The highest BCUT2D eigenvalue weighted by atomic mass is 16.4. The molecule has 0 saturated heterocycles. The molecule has 0 saturated carbocycles. The van der Waals surface area contributed by atoms with Gasteiger partial charge in [-0.15, -0.1) is 0 Å². The SMILES string of the molecule is CC(C)(C)c1cnc2c(N)cnn2c1C(=O)O. The van der Waals surface area contributed by atoms with E-state index in [4.69, 9.17) is 5.73 Å². The number of carboxylic acid groups (broad SMARTS) is 1. The lowest BCUT2D eigenvalue weighted by Gasteiger charge is -2.20. The van der Waals surface area contributed by atoms with Crippen LogP contribution < -0.4 is 5.73 Å². The van der Waals surface area contributed by atoms with Crippen LogP contribution in [0.1, 0.15) is 36.8 Å². The minimum absolute atomic E-state index is 0.110. The summed E-state index contributed by atoms with van der Waals surface area (Å²) in [7, 11) is 0. The van der Waals surface area contributed by atoms with Gasteiger partial charge in [-0.2, -0.15) is 5.10 Å². The molecule has 0 aliphatic rings. The monoisotopic (exact) mass is 234 g/mol. The number of hydrogen-bond donors (Lipinski definition) is 2. The molecule has 90 valence electrons. The second kappa shape index (κ2) is 3.44. The predicted octanol–water partition coefficient (Wildman–Crippen LogP) is 1.31. The molecule has 0 unspecified atom stereocenters. The number of fused-ring (bicyclic) bond motifs is 1. The second-order valence-corrected chi connectivity index (χ2v) is 4.91. The molecule has 2 rings (SSSR count). The number of carbonyl (C=O) groups is 1. The maximum absolute atomic E-state index is 11.4. The van der Waals surface area contributed by atoms with Gasteiger partial charge in [0.25, 0.3) is 0 Å². The quantitative estimate of drug-likeness (QED) is 0.775. The molecule has 2 aromatic rings. The first kappa shape index (κ1) is 11.4. The number of nitrogens with two attached hydrogens (primary N) is 1. The number of nitrogens with zero attached hydrogens (tertiary/aromatic N) is 3. The van der Waals surface area contributed by atoms with Gasteiger partial charge in [-0.3, -0.25) is 0 Å². The van der Waals surface area contributed by atoms with Crippen molar-refractivity contribution in [2.75, 3.05) is 5.73 Å². The Morgan fingerprint density at radius 2 is 2.06 bits per heavy atom. The zero-order valence-electron chi connectivity index (χ0n) is 9.93. The van der Waals surface area contributed by atoms with Crippen molar-refractivity contribution in [3.05, 3.63) is 23.7 Å². The number of hydrogen-bond acceptors (Lipinski definition) is 4. The van der Waals surface area contributed by atoms with E-state index in [2.05, 4.69) is 10.1 Å². The minimum atomic E-state index is -1.04. The van der Waals surface area contributed by atoms with Gasteiger partial charge in [-0.25, -0.2) is 14.3 Å². The van der Waals surface area contributed by atoms with Crippen molar-refractivity contribution in [1.82, 2.24) is 14.6 Å². The standard InChI is InChI=1S/C11H14N4O2/c1-11(2,3)6-4-13-9-7(12)5-14-15(9)8(6)10(16)17/h4-5H,12H2,1-3H3,(H,16,17). The van der Waals surface area contributed by atoms with Gasteiger partial charge in [-0.1, -0.05) is 20.8 Å². The van der Waals surface area contributed by atoms with Crippen molar-refractivity contribution in [3.63, 3.8) is 0 Å². The Bertz CT molecular complexity index is 595. The number of carboxylic acids is 1. The molecule has 6 heteroatoms. The average Bonchev–Trinajstić information content (AvgIpc) is 2.57. The fraction of sp³-hybridized carbons (Fsp3) is 0.364. The first-order valence-corrected chi connectivity index (χ1v) is 5.18. The van der Waals surface area contributed by atoms with Crippen molar-refractivity contribution in [2.45, 2.75) is 26.2 Å². The Hall–Kier alpha value is -2.11. The van der Waals surface area contributed by atoms with E-state index in [0.717, 1.165) is 0 Å². The smallest absolute Gasteiger partial charge is 0.355 e. The minimum Gasteiger partial charge on any atom is -0.476 e. The second-order valence-electron chi connectivity index (χ2n) is 4.91. The van der Waals surface area contributed by atoms with Crippen molar-refractivity contribution >= 4 is 17.3 Å². The zero-order valence-corrected chi connectivity index (χ0v) is 9.93. The number of nitrogen functional groups attached to an aromatic ring is 1. The third-order valence-electron chi connectivity index (χ3n) is 2.56. The highest BCUT2D eigenvalue weighted by molar-refractivity contribution is 5.89. The third kappa shape index (κ3) is 1.71. The van der Waals surface area contributed by atoms with E-state index in [1.54, 1.807) is 6.20 Å². The Balaban J connectivity index is 2.87. The summed E-state index contributed by atoms with van der Waals surface area (Å²) in [5.74, 6) is -1.04. The van der Waals surface area contributed by atoms with Crippen LogP contribution in [0.25, 0.3) is 5.65 Å². The molecule has 0 amide bonds. The van der Waals surface area contributed by atoms with Crippen molar-refractivity contribution < 1.29 is 9.90 Å². The summed E-state index contributed by atoms with van der Waals surface area (Å²) in [5.41, 5.74) is 6.82. The third-order valence-corrected chi connectivity index (χ3v) is 2.56. The summed E-state index contributed by atoms with van der Waals surface area (Å²) >= 11 is 0. The van der Waals surface area contributed by atoms with Gasteiger partial charge >= 0.3 is 5.97 Å². The average molecular weight is 234 g/mol. The molecule has 0 aliphatic carbocycles. The largest absolute Gasteiger partial charge is 0.476 e. The molecular weight excluding hydrogens is 220 g/mol. The lowest BCUT2D eigenvalue weighted by Crippen LogP contribution is -2.21. The van der Waals surface area contributed by atoms with E-state index >= 15 is 0 Å². The first-order valence-electron chi connectivity index (χ1n) is 5.18. The summed E-state index contributed by atoms with van der Waals surface area (Å²) in [6.45, 7) is 5.78. The summed E-state index contributed by atoms with van der Waals surface area (Å²) in [6, 6.07) is 0. The van der Waals surface area contributed by atoms with E-state index in [1.165, 1.54) is 10.7 Å². The van der Waals surface area contributed by atoms with Crippen LogP contribution in [-0.4, -0.2) is 25.7 Å². The lowest BCUT2D eigenvalue weighted by atomic mass is 9.87. The van der Waals surface area contributed by atoms with Crippen LogP contribution in [0.4, 0.5) is 5.69 Å². The van der Waals surface area contributed by atoms with Crippen LogP contribution in [0.2, 0.25) is 0 Å². The molecule has 0 aliphatic heterocycles. The van der Waals surface area contributed by atoms with Crippen molar-refractivity contribution in [2.24, 2.45) is 0 Å². The molecule has 0 spiro atoms. The van der Waals surface area contributed by atoms with E-state index in [9.17, 15) is 9.90 Å². The topological polar surface area (TPSA) is 93.5 Å². The highest BCUT2D eigenvalue weighted by Crippen LogP contribution is 2.26. The van der Waals surface area contributed by atoms with Crippen molar-refractivity contribution in [3.8, 4) is 0 Å². The molecule has 2 aromatic heterocycles. The summed E-state index contributed by atoms with van der Waals surface area (Å²) in [4.78, 5) is 15.5. The van der Waals surface area contributed by atoms with Gasteiger partial charge in [0, 0.05) is 11.8 Å². The highest BCUT2D eigenvalue weighted by Gasteiger charge is 2.25. The first-order chi connectivity index (χ1) is 7.82. The van der Waals surface area contributed by atoms with Crippen LogP contribution in [0.5, 0.6) is 0 Å². The zero-order chi connectivity index (χ0) is 12.8. The van der Waals surface area contributed by atoms with Crippen LogP contribution in [0.15, 0.2) is 12.4 Å². The number of anilines is 1. The summed E-state index contributed by atoms with van der Waals surface area (Å²) in [5, 5.41) is 13.3. The number of rotatable bonds is 1. The Kier molecular flexibility index (Phi) is 2.30. The summed E-state index contributed by atoms with van der Waals surface area (Å²) < 4.78 is 1.28. The normalized spacial score (nSPS) is 11.9. The number of aromatic carboxylic acids is 1. The molecule has 0 aromatic carbocycles. The molecule has 0 fully saturated rings. The van der Waals surface area contributed by atoms with E-state index in [1.807, 2.05) is 20.8 Å². The van der Waals surface area contributed by atoms with Crippen LogP contribution in [-0.2, 0) is 5.41 Å². The Morgan fingerprint density at radius 3 is 2.59 bits per heavy atom. The summed E-state index contributed by atoms with van der Waals surface area (Å²) in [6.07, 6.45) is 2.96. The fourth-order valence-electron chi connectivity index (χ4n) is 1.70. The van der Waals surface area contributed by atoms with Gasteiger partial charge in [0.2, 0.25) is 0 Å². The fourth-order valence-corrected chi connectivity index (χ4v) is 1.70. The maximum atomic E-state index is 11.4. The van der Waals surface area contributed by atoms with Crippen LogP contribution >= 0.6 is 0 Å². The van der Waals surface area contributed by atoms with E-state index in [-0.39, 0.29) is 11.1 Å². The lowest BCUT2D eigenvalue weighted by molar-refractivity contribution is 0.0684. The molecule has 17 heavy (non-hydrogen) atoms. The molecule has 3 N–H and O–H groups in total. The molecule has 2 heterocycles. The molecule has 0 bridgehead atoms. The van der Waals surface area contributed by atoms with Gasteiger partial charge < -0.3 is 10.8 Å². The van der Waals surface area contributed by atoms with Crippen LogP contribution in [0.3, 0.4) is 0 Å². The maximum Gasteiger partial charge on any atom is 0.355 e. The van der Waals surface area contributed by atoms with Gasteiger partial charge in [-0.05, 0) is 5.41 Å². The Labute approximate surface area is 98.1 Å². The molecule has 6 nitrogen and oxygen atoms in total. The molecule has 0 atom stereocenters. The van der Waals surface area contributed by atoms with E-state index in [0.29, 0.717) is 16.9 Å². The molecule has 0 radical (unpaired) electrons. The number of aromatic nitrogens is 3.